The van der Waals surface area contributed by atoms with Gasteiger partial charge in [-0.15, -0.1) is 0 Å². The van der Waals surface area contributed by atoms with Crippen molar-refractivity contribution in [1.29, 1.82) is 0 Å². The zero-order valence-electron chi connectivity index (χ0n) is 18.3. The summed E-state index contributed by atoms with van der Waals surface area (Å²) >= 11 is 0. The summed E-state index contributed by atoms with van der Waals surface area (Å²) < 4.78 is 5.31. The minimum atomic E-state index is -0.552. The van der Waals surface area contributed by atoms with E-state index in [2.05, 4.69) is 5.32 Å². The monoisotopic (exact) mass is 462 g/mol. The molecule has 3 amide bonds. The van der Waals surface area contributed by atoms with Crippen LogP contribution in [-0.2, 0) is 0 Å². The molecule has 0 fully saturated rings. The lowest BCUT2D eigenvalue weighted by atomic mass is 10.1. The van der Waals surface area contributed by atoms with E-state index in [0.29, 0.717) is 22.7 Å². The van der Waals surface area contributed by atoms with Crippen molar-refractivity contribution in [3.05, 3.63) is 125 Å². The number of carbonyl (C=O) groups excluding carboxylic acids is 4. The molecule has 0 spiro atoms. The quantitative estimate of drug-likeness (QED) is 0.257. The summed E-state index contributed by atoms with van der Waals surface area (Å²) in [5.74, 6) is -1.45. The molecule has 4 aromatic rings. The molecule has 170 valence electrons. The summed E-state index contributed by atoms with van der Waals surface area (Å²) in [5, 5.41) is 2.75. The highest BCUT2D eigenvalue weighted by molar-refractivity contribution is 6.34. The molecule has 1 aliphatic heterocycles. The number of benzene rings is 4. The lowest BCUT2D eigenvalue weighted by Crippen LogP contribution is -2.29. The Morgan fingerprint density at radius 1 is 0.657 bits per heavy atom. The smallest absolute Gasteiger partial charge is 0.343 e. The van der Waals surface area contributed by atoms with E-state index in [1.54, 1.807) is 54.6 Å². The molecule has 4 aromatic carbocycles. The number of anilines is 2. The molecule has 7 heteroatoms. The van der Waals surface area contributed by atoms with Crippen molar-refractivity contribution in [2.45, 2.75) is 0 Å². The molecule has 0 bridgehead atoms. The predicted molar refractivity (Wildman–Crippen MR) is 130 cm³/mol. The van der Waals surface area contributed by atoms with Gasteiger partial charge < -0.3 is 10.1 Å². The topological polar surface area (TPSA) is 92.8 Å². The second-order valence-electron chi connectivity index (χ2n) is 7.78. The first kappa shape index (κ1) is 21.8. The molecule has 5 rings (SSSR count). The third kappa shape index (κ3) is 4.30. The molecule has 1 N–H and O–H groups in total. The van der Waals surface area contributed by atoms with Crippen LogP contribution in [0.1, 0.15) is 41.4 Å². The molecular formula is C28H18N2O5. The Morgan fingerprint density at radius 2 is 1.29 bits per heavy atom. The number of nitrogens with zero attached hydrogens (tertiary/aromatic N) is 1. The van der Waals surface area contributed by atoms with Crippen LogP contribution in [0.2, 0.25) is 0 Å². The van der Waals surface area contributed by atoms with Crippen molar-refractivity contribution in [1.82, 2.24) is 0 Å². The van der Waals surface area contributed by atoms with Crippen molar-refractivity contribution in [2.24, 2.45) is 0 Å². The van der Waals surface area contributed by atoms with E-state index in [1.165, 1.54) is 36.4 Å². The molecule has 0 unspecified atom stereocenters. The molecule has 7 nitrogen and oxygen atoms in total. The Labute approximate surface area is 200 Å². The fourth-order valence-electron chi connectivity index (χ4n) is 3.75. The Hall–Kier alpha value is -5.04. The molecule has 1 heterocycles. The van der Waals surface area contributed by atoms with Crippen LogP contribution in [0.3, 0.4) is 0 Å². The van der Waals surface area contributed by atoms with Crippen LogP contribution in [-0.4, -0.2) is 23.7 Å². The van der Waals surface area contributed by atoms with Gasteiger partial charge in [0.2, 0.25) is 0 Å². The van der Waals surface area contributed by atoms with E-state index in [9.17, 15) is 19.2 Å². The number of nitrogens with one attached hydrogen (secondary N) is 1. The van der Waals surface area contributed by atoms with Crippen molar-refractivity contribution in [2.75, 3.05) is 10.2 Å². The van der Waals surface area contributed by atoms with E-state index < -0.39 is 17.8 Å². The number of ether oxygens (including phenoxy) is 1. The average Bonchev–Trinajstić information content (AvgIpc) is 3.14. The Bertz CT molecular complexity index is 1450. The maximum atomic E-state index is 13.1. The van der Waals surface area contributed by atoms with E-state index >= 15 is 0 Å². The van der Waals surface area contributed by atoms with Crippen LogP contribution < -0.4 is 15.0 Å². The second kappa shape index (κ2) is 9.07. The molecule has 35 heavy (non-hydrogen) atoms. The van der Waals surface area contributed by atoms with Gasteiger partial charge in [0.15, 0.2) is 0 Å². The van der Waals surface area contributed by atoms with Crippen LogP contribution in [0.4, 0.5) is 11.4 Å². The number of para-hydroxylation sites is 1. The highest BCUT2D eigenvalue weighted by Crippen LogP contribution is 2.30. The van der Waals surface area contributed by atoms with Gasteiger partial charge in [-0.3, -0.25) is 14.4 Å². The predicted octanol–water partition coefficient (Wildman–Crippen LogP) is 4.96. The van der Waals surface area contributed by atoms with Gasteiger partial charge in [-0.05, 0) is 66.7 Å². The summed E-state index contributed by atoms with van der Waals surface area (Å²) in [6.07, 6.45) is 0. The van der Waals surface area contributed by atoms with Crippen molar-refractivity contribution < 1.29 is 23.9 Å². The van der Waals surface area contributed by atoms with Crippen LogP contribution in [0.25, 0.3) is 0 Å². The van der Waals surface area contributed by atoms with Crippen molar-refractivity contribution >= 4 is 35.1 Å². The number of fused-ring (bicyclic) bond motifs is 1. The minimum absolute atomic E-state index is 0.188. The fourth-order valence-corrected chi connectivity index (χ4v) is 3.75. The number of hydrogen-bond acceptors (Lipinski definition) is 5. The van der Waals surface area contributed by atoms with Gasteiger partial charge in [0, 0.05) is 11.3 Å². The SMILES string of the molecule is O=C(Nc1ccc2c(c1)C(=O)N(c1ccc(C(=O)Oc3ccccc3)cc1)C2=O)c1ccccc1. The lowest BCUT2D eigenvalue weighted by molar-refractivity contribution is 0.0734. The molecule has 0 radical (unpaired) electrons. The van der Waals surface area contributed by atoms with Gasteiger partial charge in [0.05, 0.1) is 22.4 Å². The van der Waals surface area contributed by atoms with Crippen LogP contribution in [0.15, 0.2) is 103 Å². The first-order valence-electron chi connectivity index (χ1n) is 10.8. The summed E-state index contributed by atoms with van der Waals surface area (Å²) in [4.78, 5) is 51.9. The first-order valence-corrected chi connectivity index (χ1v) is 10.8. The summed E-state index contributed by atoms with van der Waals surface area (Å²) in [6.45, 7) is 0. The van der Waals surface area contributed by atoms with Crippen molar-refractivity contribution in [3.63, 3.8) is 0 Å². The molecule has 0 aliphatic carbocycles. The lowest BCUT2D eigenvalue weighted by Gasteiger charge is -2.14. The zero-order chi connectivity index (χ0) is 24.4. The molecule has 1 aliphatic rings. The maximum absolute atomic E-state index is 13.1. The number of carbonyl (C=O) groups is 4. The number of esters is 1. The van der Waals surface area contributed by atoms with Gasteiger partial charge in [-0.1, -0.05) is 36.4 Å². The van der Waals surface area contributed by atoms with Gasteiger partial charge in [0.25, 0.3) is 17.7 Å². The van der Waals surface area contributed by atoms with E-state index in [0.717, 1.165) is 4.90 Å². The normalized spacial score (nSPS) is 12.3. The molecule has 0 saturated heterocycles. The van der Waals surface area contributed by atoms with Crippen molar-refractivity contribution in [3.8, 4) is 5.75 Å². The van der Waals surface area contributed by atoms with Gasteiger partial charge >= 0.3 is 5.97 Å². The molecular weight excluding hydrogens is 444 g/mol. The standard InChI is InChI=1S/C28H18N2O5/c31-25(18-7-3-1-4-8-18)29-20-13-16-23-24(17-20)27(33)30(26(23)32)21-14-11-19(12-15-21)28(34)35-22-9-5-2-6-10-22/h1-17H,(H,29,31). The second-order valence-corrected chi connectivity index (χ2v) is 7.78. The highest BCUT2D eigenvalue weighted by Gasteiger charge is 2.37. The van der Waals surface area contributed by atoms with E-state index in [4.69, 9.17) is 4.74 Å². The minimum Gasteiger partial charge on any atom is -0.423 e. The third-order valence-corrected chi connectivity index (χ3v) is 5.50. The summed E-state index contributed by atoms with van der Waals surface area (Å²) in [5.41, 5.74) is 1.90. The van der Waals surface area contributed by atoms with E-state index in [1.807, 2.05) is 12.1 Å². The molecule has 0 aromatic heterocycles. The number of rotatable bonds is 5. The Kier molecular flexibility index (Phi) is 5.65. The van der Waals surface area contributed by atoms with Gasteiger partial charge in [-0.25, -0.2) is 9.69 Å². The van der Waals surface area contributed by atoms with E-state index in [-0.39, 0.29) is 22.6 Å². The number of imide groups is 1. The van der Waals surface area contributed by atoms with Crippen LogP contribution >= 0.6 is 0 Å². The van der Waals surface area contributed by atoms with Crippen LogP contribution in [0, 0.1) is 0 Å². The molecule has 0 saturated carbocycles. The maximum Gasteiger partial charge on any atom is 0.343 e. The summed E-state index contributed by atoms with van der Waals surface area (Å²) in [6, 6.07) is 27.9. The van der Waals surface area contributed by atoms with Gasteiger partial charge in [-0.2, -0.15) is 0 Å². The van der Waals surface area contributed by atoms with Crippen LogP contribution in [0.5, 0.6) is 5.75 Å². The fraction of sp³-hybridized carbons (Fsp3) is 0. The third-order valence-electron chi connectivity index (χ3n) is 5.50. The Morgan fingerprint density at radius 3 is 1.97 bits per heavy atom. The number of hydrogen-bond donors (Lipinski definition) is 1. The number of amides is 3. The summed E-state index contributed by atoms with van der Waals surface area (Å²) in [7, 11) is 0. The first-order chi connectivity index (χ1) is 17.0. The Balaban J connectivity index is 1.33. The average molecular weight is 462 g/mol. The van der Waals surface area contributed by atoms with Gasteiger partial charge in [0.1, 0.15) is 5.75 Å². The molecule has 0 atom stereocenters. The zero-order valence-corrected chi connectivity index (χ0v) is 18.3. The largest absolute Gasteiger partial charge is 0.423 e. The highest BCUT2D eigenvalue weighted by atomic mass is 16.5.